The Morgan fingerprint density at radius 1 is 1.11 bits per heavy atom. The summed E-state index contributed by atoms with van der Waals surface area (Å²) in [4.78, 5) is 23.0. The van der Waals surface area contributed by atoms with Crippen molar-refractivity contribution in [3.63, 3.8) is 0 Å². The van der Waals surface area contributed by atoms with Gasteiger partial charge in [0.2, 0.25) is 5.91 Å². The lowest BCUT2D eigenvalue weighted by Gasteiger charge is -2.35. The molecule has 4 aliphatic rings. The van der Waals surface area contributed by atoms with E-state index in [2.05, 4.69) is 46.4 Å². The van der Waals surface area contributed by atoms with Gasteiger partial charge in [0.25, 0.3) is 0 Å². The Balaban J connectivity index is 1.28. The first-order chi connectivity index (χ1) is 17.2. The van der Waals surface area contributed by atoms with Crippen LogP contribution in [0.1, 0.15) is 57.4 Å². The van der Waals surface area contributed by atoms with Crippen LogP contribution in [-0.2, 0) is 20.8 Å². The molecule has 2 atom stereocenters. The summed E-state index contributed by atoms with van der Waals surface area (Å²) in [5.74, 6) is 1.08. The second-order valence-electron chi connectivity index (χ2n) is 10.5. The van der Waals surface area contributed by atoms with Crippen molar-refractivity contribution >= 4 is 28.8 Å². The number of carbonyl (C=O) groups is 1. The lowest BCUT2D eigenvalue weighted by Crippen LogP contribution is -2.43. The fourth-order valence-electron chi connectivity index (χ4n) is 6.11. The Bertz CT molecular complexity index is 1060. The molecule has 6 rings (SSSR count). The number of pyridine rings is 1. The molecule has 1 saturated carbocycles. The molecular formula is C28H36N4O3. The summed E-state index contributed by atoms with van der Waals surface area (Å²) >= 11 is 0. The first kappa shape index (κ1) is 22.8. The number of amides is 1. The van der Waals surface area contributed by atoms with Crippen LogP contribution >= 0.6 is 0 Å². The molecule has 2 bridgehead atoms. The van der Waals surface area contributed by atoms with Crippen LogP contribution in [0.2, 0.25) is 0 Å². The van der Waals surface area contributed by atoms with Crippen LogP contribution in [0.4, 0.5) is 22.9 Å². The van der Waals surface area contributed by atoms with Crippen molar-refractivity contribution in [2.24, 2.45) is 5.92 Å². The van der Waals surface area contributed by atoms with E-state index in [0.717, 1.165) is 87.4 Å². The maximum absolute atomic E-state index is 14.0. The zero-order valence-electron chi connectivity index (χ0n) is 20.6. The van der Waals surface area contributed by atoms with Gasteiger partial charge in [-0.1, -0.05) is 13.0 Å². The summed E-state index contributed by atoms with van der Waals surface area (Å²) in [6, 6.07) is 10.5. The van der Waals surface area contributed by atoms with Gasteiger partial charge in [-0.15, -0.1) is 0 Å². The Morgan fingerprint density at radius 3 is 2.69 bits per heavy atom. The topological polar surface area (TPSA) is 66.9 Å². The maximum atomic E-state index is 14.0. The molecule has 4 heterocycles. The van der Waals surface area contributed by atoms with E-state index in [-0.39, 0.29) is 11.8 Å². The van der Waals surface area contributed by atoms with Crippen LogP contribution in [0.15, 0.2) is 36.5 Å². The molecule has 1 aromatic heterocycles. The third kappa shape index (κ3) is 4.64. The third-order valence-electron chi connectivity index (χ3n) is 8.00. The van der Waals surface area contributed by atoms with Gasteiger partial charge in [-0.3, -0.25) is 4.79 Å². The largest absolute Gasteiger partial charge is 0.378 e. The number of carbonyl (C=O) groups excluding carboxylic acids is 1. The number of rotatable bonds is 5. The van der Waals surface area contributed by atoms with Gasteiger partial charge in [0, 0.05) is 43.1 Å². The van der Waals surface area contributed by atoms with Crippen molar-refractivity contribution in [3.8, 4) is 0 Å². The van der Waals surface area contributed by atoms with Crippen molar-refractivity contribution in [3.05, 3.63) is 42.1 Å². The van der Waals surface area contributed by atoms with Crippen LogP contribution in [0.3, 0.4) is 0 Å². The summed E-state index contributed by atoms with van der Waals surface area (Å²) in [7, 11) is 0. The van der Waals surface area contributed by atoms with Crippen LogP contribution in [-0.4, -0.2) is 48.9 Å². The van der Waals surface area contributed by atoms with E-state index in [1.165, 1.54) is 5.69 Å². The standard InChI is InChI=1S/C28H36N4O3/c1-2-14-34-22-8-5-19(6-9-22)28(33)32-16-20-4-3-13-29-27(20)30-25-12-7-21(15-26(25)32)31-17-23-10-11-24(18-31)35-23/h3-4,7,12-13,15,19,22-24H,2,5-6,8-11,14,16-18H2,1H3,(H,29,30)/t19-,22-,23?,24?. The molecule has 2 saturated heterocycles. The summed E-state index contributed by atoms with van der Waals surface area (Å²) in [6.07, 6.45) is 9.77. The zero-order valence-corrected chi connectivity index (χ0v) is 20.6. The third-order valence-corrected chi connectivity index (χ3v) is 8.00. The molecular weight excluding hydrogens is 440 g/mol. The van der Waals surface area contributed by atoms with Crippen LogP contribution in [0.25, 0.3) is 0 Å². The molecule has 2 unspecified atom stereocenters. The fourth-order valence-corrected chi connectivity index (χ4v) is 6.11. The SMILES string of the molecule is CCCO[C@H]1CC[C@H](C(=O)N2Cc3cccnc3Nc3ccc(N4CC5CCC(C4)O5)cc32)CC1. The van der Waals surface area contributed by atoms with Crippen molar-refractivity contribution in [1.82, 2.24) is 4.98 Å². The Labute approximate surface area is 207 Å². The summed E-state index contributed by atoms with van der Waals surface area (Å²) in [5.41, 5.74) is 4.10. The highest BCUT2D eigenvalue weighted by Crippen LogP contribution is 2.41. The summed E-state index contributed by atoms with van der Waals surface area (Å²) in [5, 5.41) is 3.51. The molecule has 7 nitrogen and oxygen atoms in total. The van der Waals surface area contributed by atoms with E-state index in [1.807, 2.05) is 11.0 Å². The van der Waals surface area contributed by atoms with Gasteiger partial charge in [-0.2, -0.15) is 0 Å². The van der Waals surface area contributed by atoms with Gasteiger partial charge in [0.05, 0.1) is 36.2 Å². The number of nitrogens with one attached hydrogen (secondary N) is 1. The lowest BCUT2D eigenvalue weighted by molar-refractivity contribution is -0.124. The van der Waals surface area contributed by atoms with E-state index in [1.54, 1.807) is 6.20 Å². The van der Waals surface area contributed by atoms with Gasteiger partial charge >= 0.3 is 0 Å². The van der Waals surface area contributed by atoms with E-state index < -0.39 is 0 Å². The van der Waals surface area contributed by atoms with Gasteiger partial charge in [-0.25, -0.2) is 4.98 Å². The van der Waals surface area contributed by atoms with E-state index in [4.69, 9.17) is 9.47 Å². The maximum Gasteiger partial charge on any atom is 0.230 e. The van der Waals surface area contributed by atoms with E-state index >= 15 is 0 Å². The number of ether oxygens (including phenoxy) is 2. The van der Waals surface area contributed by atoms with Crippen molar-refractivity contribution in [1.29, 1.82) is 0 Å². The van der Waals surface area contributed by atoms with Crippen molar-refractivity contribution in [2.75, 3.05) is 34.8 Å². The average Bonchev–Trinajstić information content (AvgIpc) is 3.14. The minimum absolute atomic E-state index is 0.0328. The quantitative estimate of drug-likeness (QED) is 0.653. The second-order valence-corrected chi connectivity index (χ2v) is 10.5. The average molecular weight is 477 g/mol. The highest BCUT2D eigenvalue weighted by Gasteiger charge is 2.36. The highest BCUT2D eigenvalue weighted by molar-refractivity contribution is 6.00. The second kappa shape index (κ2) is 9.78. The minimum atomic E-state index is 0.0328. The summed E-state index contributed by atoms with van der Waals surface area (Å²) < 4.78 is 12.0. The molecule has 1 aliphatic carbocycles. The number of anilines is 4. The number of hydrogen-bond donors (Lipinski definition) is 1. The molecule has 1 N–H and O–H groups in total. The molecule has 3 fully saturated rings. The van der Waals surface area contributed by atoms with Gasteiger partial charge in [0.15, 0.2) is 0 Å². The first-order valence-corrected chi connectivity index (χ1v) is 13.4. The Morgan fingerprint density at radius 2 is 1.91 bits per heavy atom. The number of aromatic nitrogens is 1. The van der Waals surface area contributed by atoms with Crippen molar-refractivity contribution in [2.45, 2.75) is 76.7 Å². The Kier molecular flexibility index (Phi) is 6.37. The van der Waals surface area contributed by atoms with E-state index in [0.29, 0.717) is 24.9 Å². The molecule has 1 aromatic carbocycles. The first-order valence-electron chi connectivity index (χ1n) is 13.4. The smallest absolute Gasteiger partial charge is 0.230 e. The molecule has 186 valence electrons. The molecule has 1 amide bonds. The molecule has 0 radical (unpaired) electrons. The van der Waals surface area contributed by atoms with Crippen LogP contribution in [0.5, 0.6) is 0 Å². The minimum Gasteiger partial charge on any atom is -0.378 e. The van der Waals surface area contributed by atoms with Crippen LogP contribution < -0.4 is 15.1 Å². The van der Waals surface area contributed by atoms with Gasteiger partial charge in [-0.05, 0) is 69.2 Å². The number of nitrogens with zero attached hydrogens (tertiary/aromatic N) is 3. The van der Waals surface area contributed by atoms with Crippen LogP contribution in [0, 0.1) is 5.92 Å². The molecule has 0 spiro atoms. The normalized spacial score (nSPS) is 27.6. The molecule has 2 aromatic rings. The molecule has 7 heteroatoms. The number of hydrogen-bond acceptors (Lipinski definition) is 6. The lowest BCUT2D eigenvalue weighted by atomic mass is 9.86. The monoisotopic (exact) mass is 476 g/mol. The zero-order chi connectivity index (χ0) is 23.8. The summed E-state index contributed by atoms with van der Waals surface area (Å²) in [6.45, 7) is 5.32. The van der Waals surface area contributed by atoms with E-state index in [9.17, 15) is 4.79 Å². The molecule has 35 heavy (non-hydrogen) atoms. The number of fused-ring (bicyclic) bond motifs is 4. The number of morpholine rings is 1. The fraction of sp³-hybridized carbons (Fsp3) is 0.571. The highest BCUT2D eigenvalue weighted by atomic mass is 16.5. The van der Waals surface area contributed by atoms with Gasteiger partial charge in [0.1, 0.15) is 5.82 Å². The predicted molar refractivity (Wildman–Crippen MR) is 137 cm³/mol. The van der Waals surface area contributed by atoms with Gasteiger partial charge < -0.3 is 24.6 Å². The number of benzene rings is 1. The van der Waals surface area contributed by atoms with Crippen molar-refractivity contribution < 1.29 is 14.3 Å². The Hall–Kier alpha value is -2.64. The predicted octanol–water partition coefficient (Wildman–Crippen LogP) is 5.02. The molecule has 3 aliphatic heterocycles.